The highest BCUT2D eigenvalue weighted by atomic mass is 35.5. The number of carbonyl (C=O) groups is 1. The zero-order valence-electron chi connectivity index (χ0n) is 7.14. The van der Waals surface area contributed by atoms with Crippen LogP contribution in [0.1, 0.15) is 5.56 Å². The quantitative estimate of drug-likeness (QED) is 0.705. The van der Waals surface area contributed by atoms with Gasteiger partial charge in [-0.15, -0.1) is 0 Å². The first kappa shape index (κ1) is 10.8. The van der Waals surface area contributed by atoms with Gasteiger partial charge in [0.25, 0.3) is 0 Å². The van der Waals surface area contributed by atoms with Crippen LogP contribution < -0.4 is 0 Å². The minimum absolute atomic E-state index is 0.0324. The summed E-state index contributed by atoms with van der Waals surface area (Å²) in [5.74, 6) is -1.35. The fourth-order valence-corrected chi connectivity index (χ4v) is 1.19. The summed E-state index contributed by atoms with van der Waals surface area (Å²) in [7, 11) is 0. The van der Waals surface area contributed by atoms with Crippen LogP contribution in [0.15, 0.2) is 18.2 Å². The van der Waals surface area contributed by atoms with Crippen molar-refractivity contribution in [2.24, 2.45) is 0 Å². The van der Waals surface area contributed by atoms with E-state index in [1.807, 2.05) is 0 Å². The van der Waals surface area contributed by atoms with Gasteiger partial charge in [0.05, 0.1) is 5.02 Å². The number of hydrogen-bond donors (Lipinski definition) is 3. The molecule has 4 nitrogen and oxygen atoms in total. The highest BCUT2D eigenvalue weighted by molar-refractivity contribution is 6.32. The molecule has 0 aliphatic rings. The maximum atomic E-state index is 10.3. The molecule has 0 aliphatic heterocycles. The Balaban J connectivity index is 2.78. The third-order valence-corrected chi connectivity index (χ3v) is 2.03. The molecule has 0 amide bonds. The molecular formula is C9H9ClO4. The highest BCUT2D eigenvalue weighted by Gasteiger charge is 2.14. The van der Waals surface area contributed by atoms with E-state index in [1.54, 1.807) is 0 Å². The van der Waals surface area contributed by atoms with Gasteiger partial charge in [-0.2, -0.15) is 0 Å². The number of halogens is 1. The van der Waals surface area contributed by atoms with E-state index >= 15 is 0 Å². The fraction of sp³-hybridized carbons (Fsp3) is 0.222. The Kier molecular flexibility index (Phi) is 3.33. The van der Waals surface area contributed by atoms with E-state index in [1.165, 1.54) is 18.2 Å². The minimum Gasteiger partial charge on any atom is -0.506 e. The normalized spacial score (nSPS) is 12.4. The van der Waals surface area contributed by atoms with Crippen molar-refractivity contribution in [2.75, 3.05) is 0 Å². The molecule has 0 aliphatic carbocycles. The first-order chi connectivity index (χ1) is 6.50. The Hall–Kier alpha value is -1.26. The number of phenolic OH excluding ortho intramolecular Hbond substituents is 1. The molecule has 5 heteroatoms. The van der Waals surface area contributed by atoms with Crippen LogP contribution in [0.2, 0.25) is 5.02 Å². The van der Waals surface area contributed by atoms with Gasteiger partial charge in [-0.1, -0.05) is 17.7 Å². The largest absolute Gasteiger partial charge is 0.506 e. The molecule has 1 aromatic rings. The minimum atomic E-state index is -1.45. The predicted molar refractivity (Wildman–Crippen MR) is 50.5 cm³/mol. The molecule has 0 saturated carbocycles. The standard InChI is InChI=1S/C9H9ClO4/c10-6-3-5(1-2-7(6)11)4-8(12)9(13)14/h1-3,8,11-12H,4H2,(H,13,14)/t8-/m0/s1. The molecule has 0 bridgehead atoms. The fourth-order valence-electron chi connectivity index (χ4n) is 0.988. The number of benzene rings is 1. The van der Waals surface area contributed by atoms with Crippen LogP contribution in [0.3, 0.4) is 0 Å². The number of hydrogen-bond acceptors (Lipinski definition) is 3. The lowest BCUT2D eigenvalue weighted by Gasteiger charge is -2.06. The van der Waals surface area contributed by atoms with Crippen LogP contribution in [0.5, 0.6) is 5.75 Å². The van der Waals surface area contributed by atoms with Crippen LogP contribution in [0.25, 0.3) is 0 Å². The molecule has 1 rings (SSSR count). The second-order valence-electron chi connectivity index (χ2n) is 2.84. The average molecular weight is 217 g/mol. The lowest BCUT2D eigenvalue weighted by atomic mass is 10.1. The number of carboxylic acid groups (broad SMARTS) is 1. The number of aliphatic hydroxyl groups is 1. The first-order valence-electron chi connectivity index (χ1n) is 3.89. The van der Waals surface area contributed by atoms with Gasteiger partial charge in [-0.05, 0) is 17.7 Å². The van der Waals surface area contributed by atoms with Gasteiger partial charge < -0.3 is 15.3 Å². The summed E-state index contributed by atoms with van der Waals surface area (Å²) in [6.07, 6.45) is -1.48. The second-order valence-corrected chi connectivity index (χ2v) is 3.25. The number of carboxylic acids is 1. The van der Waals surface area contributed by atoms with Crippen molar-refractivity contribution in [1.82, 2.24) is 0 Å². The van der Waals surface area contributed by atoms with E-state index in [-0.39, 0.29) is 17.2 Å². The Labute approximate surface area is 85.4 Å². The van der Waals surface area contributed by atoms with Crippen molar-refractivity contribution < 1.29 is 20.1 Å². The van der Waals surface area contributed by atoms with Crippen molar-refractivity contribution in [3.05, 3.63) is 28.8 Å². The summed E-state index contributed by atoms with van der Waals surface area (Å²) in [6.45, 7) is 0. The zero-order valence-corrected chi connectivity index (χ0v) is 7.90. The van der Waals surface area contributed by atoms with E-state index in [0.717, 1.165) is 0 Å². The van der Waals surface area contributed by atoms with E-state index in [4.69, 9.17) is 26.9 Å². The summed E-state index contributed by atoms with van der Waals surface area (Å²) in [5, 5.41) is 26.7. The van der Waals surface area contributed by atoms with Gasteiger partial charge in [-0.25, -0.2) is 4.79 Å². The van der Waals surface area contributed by atoms with Gasteiger partial charge in [0.15, 0.2) is 6.10 Å². The summed E-state index contributed by atoms with van der Waals surface area (Å²) in [5.41, 5.74) is 0.558. The summed E-state index contributed by atoms with van der Waals surface area (Å²) in [4.78, 5) is 10.3. The van der Waals surface area contributed by atoms with Crippen LogP contribution in [-0.4, -0.2) is 27.4 Å². The molecule has 76 valence electrons. The molecule has 0 heterocycles. The Bertz CT molecular complexity index is 351. The average Bonchev–Trinajstić information content (AvgIpc) is 2.11. The highest BCUT2D eigenvalue weighted by Crippen LogP contribution is 2.24. The van der Waals surface area contributed by atoms with Gasteiger partial charge in [0, 0.05) is 6.42 Å². The SMILES string of the molecule is O=C(O)[C@@H](O)Cc1ccc(O)c(Cl)c1. The van der Waals surface area contributed by atoms with Crippen LogP contribution in [0, 0.1) is 0 Å². The molecule has 0 unspecified atom stereocenters. The maximum absolute atomic E-state index is 10.3. The monoisotopic (exact) mass is 216 g/mol. The van der Waals surface area contributed by atoms with Gasteiger partial charge >= 0.3 is 5.97 Å². The molecule has 0 aromatic heterocycles. The van der Waals surface area contributed by atoms with E-state index in [0.29, 0.717) is 5.56 Å². The lowest BCUT2D eigenvalue weighted by Crippen LogP contribution is -2.21. The van der Waals surface area contributed by atoms with Crippen molar-refractivity contribution in [3.63, 3.8) is 0 Å². The summed E-state index contributed by atoms with van der Waals surface area (Å²) >= 11 is 5.60. The smallest absolute Gasteiger partial charge is 0.332 e. The molecular weight excluding hydrogens is 208 g/mol. The topological polar surface area (TPSA) is 77.8 Å². The third-order valence-electron chi connectivity index (χ3n) is 1.73. The molecule has 1 aromatic carbocycles. The third kappa shape index (κ3) is 2.61. The van der Waals surface area contributed by atoms with E-state index in [2.05, 4.69) is 0 Å². The number of phenols is 1. The molecule has 0 spiro atoms. The van der Waals surface area contributed by atoms with Crippen LogP contribution >= 0.6 is 11.6 Å². The van der Waals surface area contributed by atoms with Crippen molar-refractivity contribution in [1.29, 1.82) is 0 Å². The van der Waals surface area contributed by atoms with Crippen LogP contribution in [-0.2, 0) is 11.2 Å². The Morgan fingerprint density at radius 1 is 1.50 bits per heavy atom. The van der Waals surface area contributed by atoms with E-state index in [9.17, 15) is 4.79 Å². The maximum Gasteiger partial charge on any atom is 0.332 e. The predicted octanol–water partition coefficient (Wildman–Crippen LogP) is 1.03. The number of aliphatic carboxylic acids is 1. The number of rotatable bonds is 3. The summed E-state index contributed by atoms with van der Waals surface area (Å²) < 4.78 is 0. The molecule has 0 radical (unpaired) electrons. The van der Waals surface area contributed by atoms with Crippen molar-refractivity contribution >= 4 is 17.6 Å². The molecule has 1 atom stereocenters. The van der Waals surface area contributed by atoms with E-state index < -0.39 is 12.1 Å². The van der Waals surface area contributed by atoms with Gasteiger partial charge in [0.1, 0.15) is 5.75 Å². The first-order valence-corrected chi connectivity index (χ1v) is 4.26. The lowest BCUT2D eigenvalue weighted by molar-refractivity contribution is -0.146. The second kappa shape index (κ2) is 4.30. The number of aliphatic hydroxyl groups excluding tert-OH is 1. The Morgan fingerprint density at radius 3 is 2.64 bits per heavy atom. The molecule has 0 saturated heterocycles. The number of aromatic hydroxyl groups is 1. The van der Waals surface area contributed by atoms with Gasteiger partial charge in [0.2, 0.25) is 0 Å². The Morgan fingerprint density at radius 2 is 2.14 bits per heavy atom. The van der Waals surface area contributed by atoms with Gasteiger partial charge in [-0.3, -0.25) is 0 Å². The summed E-state index contributed by atoms with van der Waals surface area (Å²) in [6, 6.07) is 4.28. The van der Waals surface area contributed by atoms with Crippen molar-refractivity contribution in [2.45, 2.75) is 12.5 Å². The zero-order chi connectivity index (χ0) is 10.7. The molecule has 14 heavy (non-hydrogen) atoms. The molecule has 0 fully saturated rings. The molecule has 3 N–H and O–H groups in total. The van der Waals surface area contributed by atoms with Crippen molar-refractivity contribution in [3.8, 4) is 5.75 Å². The van der Waals surface area contributed by atoms with Crippen LogP contribution in [0.4, 0.5) is 0 Å².